The van der Waals surface area contributed by atoms with Gasteiger partial charge in [-0.15, -0.1) is 10.2 Å². The van der Waals surface area contributed by atoms with E-state index in [2.05, 4.69) is 15.2 Å². The lowest BCUT2D eigenvalue weighted by Gasteiger charge is -2.04. The van der Waals surface area contributed by atoms with E-state index in [1.54, 1.807) is 36.1 Å². The Kier molecular flexibility index (Phi) is 4.66. The van der Waals surface area contributed by atoms with Gasteiger partial charge < -0.3 is 4.57 Å². The van der Waals surface area contributed by atoms with Crippen molar-refractivity contribution in [3.05, 3.63) is 59.9 Å². The van der Waals surface area contributed by atoms with E-state index in [1.807, 2.05) is 0 Å². The molecule has 0 saturated heterocycles. The number of rotatable bonds is 5. The molecule has 0 aliphatic carbocycles. The van der Waals surface area contributed by atoms with Crippen LogP contribution in [0.1, 0.15) is 10.4 Å². The third-order valence-corrected chi connectivity index (χ3v) is 4.35. The van der Waals surface area contributed by atoms with Crippen molar-refractivity contribution in [2.45, 2.75) is 5.16 Å². The number of halogens is 2. The van der Waals surface area contributed by atoms with E-state index in [4.69, 9.17) is 0 Å². The van der Waals surface area contributed by atoms with Gasteiger partial charge in [-0.2, -0.15) is 0 Å². The first-order chi connectivity index (χ1) is 11.6. The molecule has 2 heterocycles. The number of pyridine rings is 1. The third kappa shape index (κ3) is 3.33. The van der Waals surface area contributed by atoms with Gasteiger partial charge in [0.25, 0.3) is 0 Å². The largest absolute Gasteiger partial charge is 0.305 e. The summed E-state index contributed by atoms with van der Waals surface area (Å²) in [6.07, 6.45) is 3.29. The minimum Gasteiger partial charge on any atom is -0.305 e. The van der Waals surface area contributed by atoms with Crippen LogP contribution in [0.3, 0.4) is 0 Å². The average Bonchev–Trinajstić information content (AvgIpc) is 2.96. The zero-order valence-corrected chi connectivity index (χ0v) is 13.4. The molecule has 2 aromatic heterocycles. The van der Waals surface area contributed by atoms with Crippen LogP contribution in [0.2, 0.25) is 0 Å². The molecule has 8 heteroatoms. The molecule has 24 heavy (non-hydrogen) atoms. The monoisotopic (exact) mass is 346 g/mol. The van der Waals surface area contributed by atoms with Gasteiger partial charge >= 0.3 is 0 Å². The molecule has 3 rings (SSSR count). The molecule has 1 aromatic carbocycles. The highest BCUT2D eigenvalue weighted by Crippen LogP contribution is 2.23. The van der Waals surface area contributed by atoms with E-state index >= 15 is 0 Å². The van der Waals surface area contributed by atoms with Gasteiger partial charge in [0.15, 0.2) is 16.8 Å². The Morgan fingerprint density at radius 1 is 1.17 bits per heavy atom. The van der Waals surface area contributed by atoms with Crippen molar-refractivity contribution in [1.29, 1.82) is 0 Å². The maximum absolute atomic E-state index is 13.6. The van der Waals surface area contributed by atoms with Gasteiger partial charge in [0.1, 0.15) is 11.6 Å². The van der Waals surface area contributed by atoms with Gasteiger partial charge in [-0.1, -0.05) is 11.8 Å². The topological polar surface area (TPSA) is 60.7 Å². The van der Waals surface area contributed by atoms with Crippen molar-refractivity contribution in [3.8, 4) is 11.4 Å². The molecule has 0 saturated carbocycles. The quantitative estimate of drug-likeness (QED) is 0.525. The molecule has 0 fully saturated rings. The fourth-order valence-corrected chi connectivity index (χ4v) is 2.91. The molecule has 0 N–H and O–H groups in total. The Bertz CT molecular complexity index is 883. The molecule has 0 aliphatic heterocycles. The predicted molar refractivity (Wildman–Crippen MR) is 85.6 cm³/mol. The van der Waals surface area contributed by atoms with Crippen LogP contribution >= 0.6 is 11.8 Å². The number of benzene rings is 1. The van der Waals surface area contributed by atoms with Crippen molar-refractivity contribution >= 4 is 17.5 Å². The van der Waals surface area contributed by atoms with Crippen LogP contribution in [0.5, 0.6) is 0 Å². The summed E-state index contributed by atoms with van der Waals surface area (Å²) >= 11 is 1.12. The van der Waals surface area contributed by atoms with E-state index in [9.17, 15) is 13.6 Å². The van der Waals surface area contributed by atoms with Gasteiger partial charge in [0.05, 0.1) is 11.3 Å². The van der Waals surface area contributed by atoms with Crippen LogP contribution in [-0.2, 0) is 7.05 Å². The molecule has 122 valence electrons. The first kappa shape index (κ1) is 16.3. The maximum atomic E-state index is 13.6. The van der Waals surface area contributed by atoms with Crippen LogP contribution in [0.4, 0.5) is 8.78 Å². The summed E-state index contributed by atoms with van der Waals surface area (Å²) in [7, 11) is 1.77. The summed E-state index contributed by atoms with van der Waals surface area (Å²) in [6.45, 7) is 0. The normalized spacial score (nSPS) is 10.8. The summed E-state index contributed by atoms with van der Waals surface area (Å²) in [5.74, 6) is -1.33. The Labute approximate surface area is 140 Å². The smallest absolute Gasteiger partial charge is 0.191 e. The van der Waals surface area contributed by atoms with Crippen LogP contribution in [0.25, 0.3) is 11.4 Å². The number of nitrogens with zero attached hydrogens (tertiary/aromatic N) is 4. The van der Waals surface area contributed by atoms with Crippen LogP contribution < -0.4 is 0 Å². The van der Waals surface area contributed by atoms with Gasteiger partial charge in [-0.25, -0.2) is 8.78 Å². The van der Waals surface area contributed by atoms with Crippen molar-refractivity contribution in [1.82, 2.24) is 19.7 Å². The van der Waals surface area contributed by atoms with Crippen LogP contribution in [0, 0.1) is 11.6 Å². The van der Waals surface area contributed by atoms with E-state index in [0.717, 1.165) is 35.5 Å². The van der Waals surface area contributed by atoms with Crippen molar-refractivity contribution in [2.24, 2.45) is 7.05 Å². The number of thioether (sulfide) groups is 1. The zero-order chi connectivity index (χ0) is 17.1. The van der Waals surface area contributed by atoms with Crippen molar-refractivity contribution in [3.63, 3.8) is 0 Å². The van der Waals surface area contributed by atoms with Crippen molar-refractivity contribution in [2.75, 3.05) is 5.75 Å². The second-order valence-electron chi connectivity index (χ2n) is 4.94. The molecule has 0 radical (unpaired) electrons. The van der Waals surface area contributed by atoms with Gasteiger partial charge in [-0.05, 0) is 30.3 Å². The maximum Gasteiger partial charge on any atom is 0.191 e. The summed E-state index contributed by atoms with van der Waals surface area (Å²) < 4.78 is 28.5. The lowest BCUT2D eigenvalue weighted by atomic mass is 10.1. The standard InChI is InChI=1S/C16H12F2N4OS/c1-22-15(10-4-6-19-7-5-10)20-21-16(22)24-9-14(23)12-8-11(17)2-3-13(12)18/h2-8H,9H2,1H3. The van der Waals surface area contributed by atoms with Crippen LogP contribution in [-0.4, -0.2) is 31.3 Å². The molecular formula is C16H12F2N4OS. The number of Topliss-reactive ketones (excluding diaryl/α,β-unsaturated/α-hetero) is 1. The van der Waals surface area contributed by atoms with E-state index in [0.29, 0.717) is 11.0 Å². The molecule has 0 aliphatic rings. The second-order valence-corrected chi connectivity index (χ2v) is 5.88. The molecule has 3 aromatic rings. The van der Waals surface area contributed by atoms with E-state index in [-0.39, 0.29) is 11.3 Å². The van der Waals surface area contributed by atoms with Gasteiger partial charge in [0, 0.05) is 25.0 Å². The SMILES string of the molecule is Cn1c(SCC(=O)c2cc(F)ccc2F)nnc1-c1ccncc1. The highest BCUT2D eigenvalue weighted by atomic mass is 32.2. The Morgan fingerprint density at radius 3 is 2.67 bits per heavy atom. The fourth-order valence-electron chi connectivity index (χ4n) is 2.11. The number of carbonyl (C=O) groups is 1. The summed E-state index contributed by atoms with van der Waals surface area (Å²) in [6, 6.07) is 6.41. The van der Waals surface area contributed by atoms with Gasteiger partial charge in [0.2, 0.25) is 0 Å². The van der Waals surface area contributed by atoms with Crippen LogP contribution in [0.15, 0.2) is 47.9 Å². The van der Waals surface area contributed by atoms with E-state index in [1.165, 1.54) is 0 Å². The molecule has 5 nitrogen and oxygen atoms in total. The van der Waals surface area contributed by atoms with Gasteiger partial charge in [-0.3, -0.25) is 9.78 Å². The minimum atomic E-state index is -0.738. The third-order valence-electron chi connectivity index (χ3n) is 3.33. The summed E-state index contributed by atoms with van der Waals surface area (Å²) in [4.78, 5) is 16.0. The lowest BCUT2D eigenvalue weighted by Crippen LogP contribution is -2.07. The number of ketones is 1. The lowest BCUT2D eigenvalue weighted by molar-refractivity contribution is 0.101. The molecule has 0 unspecified atom stereocenters. The number of carbonyl (C=O) groups excluding carboxylic acids is 1. The predicted octanol–water partition coefficient (Wildman–Crippen LogP) is 3.13. The summed E-state index contributed by atoms with van der Waals surface area (Å²) in [5, 5.41) is 8.63. The molecule has 0 amide bonds. The molecular weight excluding hydrogens is 334 g/mol. The van der Waals surface area contributed by atoms with Crippen molar-refractivity contribution < 1.29 is 13.6 Å². The average molecular weight is 346 g/mol. The Morgan fingerprint density at radius 2 is 1.92 bits per heavy atom. The number of aromatic nitrogens is 4. The van der Waals surface area contributed by atoms with E-state index < -0.39 is 17.4 Å². The fraction of sp³-hybridized carbons (Fsp3) is 0.125. The highest BCUT2D eigenvalue weighted by molar-refractivity contribution is 7.99. The Hall–Kier alpha value is -2.61. The number of hydrogen-bond acceptors (Lipinski definition) is 5. The molecule has 0 atom stereocenters. The summed E-state index contributed by atoms with van der Waals surface area (Å²) in [5.41, 5.74) is 0.577. The Balaban J connectivity index is 1.75. The molecule has 0 spiro atoms. The zero-order valence-electron chi connectivity index (χ0n) is 12.6. The first-order valence-corrected chi connectivity index (χ1v) is 7.95. The minimum absolute atomic E-state index is 0.0668. The molecule has 0 bridgehead atoms. The second kappa shape index (κ2) is 6.88. The first-order valence-electron chi connectivity index (χ1n) is 6.97. The highest BCUT2D eigenvalue weighted by Gasteiger charge is 2.16. The number of hydrogen-bond donors (Lipinski definition) is 0.